The smallest absolute Gasteiger partial charge is 0.188 e. The molecule has 0 saturated carbocycles. The Morgan fingerprint density at radius 2 is 1.57 bits per heavy atom. The van der Waals surface area contributed by atoms with Gasteiger partial charge in [0.05, 0.1) is 28.4 Å². The molecule has 2 aromatic carbocycles. The van der Waals surface area contributed by atoms with E-state index in [0.717, 1.165) is 46.5 Å². The quantitative estimate of drug-likeness (QED) is 0.591. The van der Waals surface area contributed by atoms with Gasteiger partial charge in [-0.1, -0.05) is 0 Å². The van der Waals surface area contributed by atoms with Crippen LogP contribution in [0.25, 0.3) is 5.69 Å². The first-order valence-corrected chi connectivity index (χ1v) is 9.41. The third-order valence-corrected chi connectivity index (χ3v) is 5.06. The normalized spacial score (nSPS) is 11.9. The Morgan fingerprint density at radius 3 is 2.21 bits per heavy atom. The maximum Gasteiger partial charge on any atom is 0.188 e. The van der Waals surface area contributed by atoms with Gasteiger partial charge in [-0.25, -0.2) is 0 Å². The van der Waals surface area contributed by atoms with E-state index in [2.05, 4.69) is 11.6 Å². The van der Waals surface area contributed by atoms with Crippen LogP contribution in [-0.4, -0.2) is 37.5 Å². The Labute approximate surface area is 170 Å². The Bertz CT molecular complexity index is 979. The third-order valence-electron chi connectivity index (χ3n) is 4.62. The van der Waals surface area contributed by atoms with E-state index in [-0.39, 0.29) is 0 Å². The number of aromatic nitrogens is 2. The van der Waals surface area contributed by atoms with Gasteiger partial charge in [-0.15, -0.1) is 0 Å². The van der Waals surface area contributed by atoms with Gasteiger partial charge in [-0.3, -0.25) is 9.13 Å². The standard InChI is InChI=1S/C21H25N3O3S/c1-22(14-16-5-8-19(26-3)13-20(16)27-4)15-23-11-12-24(21(23)28)17-6-9-18(25-2)10-7-17/h5-13H,14-15H2,1-4H3/p+1. The molecule has 28 heavy (non-hydrogen) atoms. The van der Waals surface area contributed by atoms with Gasteiger partial charge in [0.2, 0.25) is 0 Å². The lowest BCUT2D eigenvalue weighted by Crippen LogP contribution is -3.06. The molecule has 0 amide bonds. The van der Waals surface area contributed by atoms with Gasteiger partial charge in [0, 0.05) is 29.7 Å². The highest BCUT2D eigenvalue weighted by atomic mass is 32.1. The predicted octanol–water partition coefficient (Wildman–Crippen LogP) is 2.71. The summed E-state index contributed by atoms with van der Waals surface area (Å²) in [5.41, 5.74) is 2.14. The molecular formula is C21H26N3O3S+. The molecule has 3 rings (SSSR count). The van der Waals surface area contributed by atoms with Gasteiger partial charge in [-0.2, -0.15) is 0 Å². The van der Waals surface area contributed by atoms with Crippen molar-refractivity contribution in [2.45, 2.75) is 13.2 Å². The average Bonchev–Trinajstić information content (AvgIpc) is 3.08. The molecule has 7 heteroatoms. The van der Waals surface area contributed by atoms with Crippen molar-refractivity contribution >= 4 is 12.2 Å². The molecule has 148 valence electrons. The number of hydrogen-bond donors (Lipinski definition) is 1. The Balaban J connectivity index is 1.73. The van der Waals surface area contributed by atoms with E-state index in [4.69, 9.17) is 26.4 Å². The van der Waals surface area contributed by atoms with Gasteiger partial charge in [0.15, 0.2) is 11.4 Å². The summed E-state index contributed by atoms with van der Waals surface area (Å²) in [6.07, 6.45) is 4.01. The summed E-state index contributed by atoms with van der Waals surface area (Å²) in [7, 11) is 7.13. The van der Waals surface area contributed by atoms with Crippen molar-refractivity contribution in [3.63, 3.8) is 0 Å². The Morgan fingerprint density at radius 1 is 0.893 bits per heavy atom. The maximum atomic E-state index is 5.67. The largest absolute Gasteiger partial charge is 0.497 e. The van der Waals surface area contributed by atoms with E-state index in [9.17, 15) is 0 Å². The van der Waals surface area contributed by atoms with Gasteiger partial charge >= 0.3 is 0 Å². The molecule has 0 bridgehead atoms. The molecule has 0 spiro atoms. The minimum Gasteiger partial charge on any atom is -0.497 e. The van der Waals surface area contributed by atoms with Crippen molar-refractivity contribution in [2.24, 2.45) is 0 Å². The first-order valence-electron chi connectivity index (χ1n) is 9.00. The summed E-state index contributed by atoms with van der Waals surface area (Å²) in [5.74, 6) is 2.45. The van der Waals surface area contributed by atoms with Crippen LogP contribution in [0, 0.1) is 4.77 Å². The summed E-state index contributed by atoms with van der Waals surface area (Å²) < 4.78 is 20.8. The summed E-state index contributed by atoms with van der Waals surface area (Å²) in [5, 5.41) is 0. The SMILES string of the molecule is COc1ccc(-n2ccn(C[NH+](C)Cc3ccc(OC)cc3OC)c2=S)cc1. The van der Waals surface area contributed by atoms with Crippen molar-refractivity contribution in [1.82, 2.24) is 9.13 Å². The number of quaternary nitrogens is 1. The molecule has 1 aromatic heterocycles. The summed E-state index contributed by atoms with van der Waals surface area (Å²) in [4.78, 5) is 1.28. The number of rotatable bonds is 8. The molecule has 1 unspecified atom stereocenters. The number of nitrogens with zero attached hydrogens (tertiary/aromatic N) is 2. The Kier molecular flexibility index (Phi) is 6.38. The van der Waals surface area contributed by atoms with E-state index in [1.165, 1.54) is 4.90 Å². The zero-order valence-electron chi connectivity index (χ0n) is 16.6. The fraction of sp³-hybridized carbons (Fsp3) is 0.286. The van der Waals surface area contributed by atoms with Crippen LogP contribution in [0.3, 0.4) is 0 Å². The second kappa shape index (κ2) is 8.95. The van der Waals surface area contributed by atoms with E-state index < -0.39 is 0 Å². The highest BCUT2D eigenvalue weighted by Gasteiger charge is 2.12. The topological polar surface area (TPSA) is 42.0 Å². The number of hydrogen-bond acceptors (Lipinski definition) is 4. The van der Waals surface area contributed by atoms with Crippen LogP contribution < -0.4 is 19.1 Å². The van der Waals surface area contributed by atoms with Gasteiger partial charge < -0.3 is 19.1 Å². The van der Waals surface area contributed by atoms with Crippen molar-refractivity contribution in [1.29, 1.82) is 0 Å². The lowest BCUT2D eigenvalue weighted by molar-refractivity contribution is -0.917. The van der Waals surface area contributed by atoms with E-state index in [1.54, 1.807) is 21.3 Å². The predicted molar refractivity (Wildman–Crippen MR) is 111 cm³/mol. The number of nitrogens with one attached hydrogen (secondary N) is 1. The molecule has 0 radical (unpaired) electrons. The number of methoxy groups -OCH3 is 3. The van der Waals surface area contributed by atoms with Crippen molar-refractivity contribution in [3.8, 4) is 22.9 Å². The fourth-order valence-electron chi connectivity index (χ4n) is 3.14. The molecule has 0 aliphatic rings. The first-order chi connectivity index (χ1) is 13.5. The third kappa shape index (κ3) is 4.37. The molecule has 0 aliphatic carbocycles. The Hall–Kier alpha value is -2.77. The van der Waals surface area contributed by atoms with Crippen LogP contribution in [0.15, 0.2) is 54.9 Å². The van der Waals surface area contributed by atoms with Crippen LogP contribution in [0.4, 0.5) is 0 Å². The molecule has 1 atom stereocenters. The van der Waals surface area contributed by atoms with E-state index in [1.807, 2.05) is 59.4 Å². The molecule has 0 saturated heterocycles. The lowest BCUT2D eigenvalue weighted by Gasteiger charge is -2.17. The second-order valence-corrected chi connectivity index (χ2v) is 6.95. The lowest BCUT2D eigenvalue weighted by atomic mass is 10.2. The minimum absolute atomic E-state index is 0.747. The summed E-state index contributed by atoms with van der Waals surface area (Å²) in [6, 6.07) is 13.8. The second-order valence-electron chi connectivity index (χ2n) is 6.59. The molecule has 1 N–H and O–H groups in total. The number of imidazole rings is 1. The van der Waals surface area contributed by atoms with Gasteiger partial charge in [0.1, 0.15) is 23.8 Å². The molecule has 1 heterocycles. The van der Waals surface area contributed by atoms with Crippen LogP contribution in [-0.2, 0) is 13.2 Å². The highest BCUT2D eigenvalue weighted by Crippen LogP contribution is 2.23. The zero-order chi connectivity index (χ0) is 20.1. The molecular weight excluding hydrogens is 374 g/mol. The average molecular weight is 401 g/mol. The zero-order valence-corrected chi connectivity index (χ0v) is 17.5. The van der Waals surface area contributed by atoms with Crippen molar-refractivity contribution in [3.05, 3.63) is 65.2 Å². The maximum absolute atomic E-state index is 5.67. The van der Waals surface area contributed by atoms with Crippen molar-refractivity contribution in [2.75, 3.05) is 28.4 Å². The van der Waals surface area contributed by atoms with E-state index >= 15 is 0 Å². The van der Waals surface area contributed by atoms with Gasteiger partial charge in [0.25, 0.3) is 0 Å². The molecule has 3 aromatic rings. The molecule has 0 fully saturated rings. The first kappa shape index (κ1) is 20.0. The van der Waals surface area contributed by atoms with Crippen LogP contribution in [0.1, 0.15) is 5.56 Å². The van der Waals surface area contributed by atoms with Crippen molar-refractivity contribution < 1.29 is 19.1 Å². The van der Waals surface area contributed by atoms with Crippen LogP contribution in [0.5, 0.6) is 17.2 Å². The van der Waals surface area contributed by atoms with Crippen LogP contribution in [0.2, 0.25) is 0 Å². The number of ether oxygens (including phenoxy) is 3. The summed E-state index contributed by atoms with van der Waals surface area (Å²) >= 11 is 5.67. The molecule has 6 nitrogen and oxygen atoms in total. The minimum atomic E-state index is 0.747. The number of benzene rings is 2. The monoisotopic (exact) mass is 400 g/mol. The van der Waals surface area contributed by atoms with Gasteiger partial charge in [-0.05, 0) is 48.6 Å². The van der Waals surface area contributed by atoms with Crippen LogP contribution >= 0.6 is 12.2 Å². The van der Waals surface area contributed by atoms with E-state index in [0.29, 0.717) is 0 Å². The molecule has 0 aliphatic heterocycles. The fourth-order valence-corrected chi connectivity index (χ4v) is 3.43. The summed E-state index contributed by atoms with van der Waals surface area (Å²) in [6.45, 7) is 1.56. The highest BCUT2D eigenvalue weighted by molar-refractivity contribution is 7.71.